The van der Waals surface area contributed by atoms with E-state index in [1.54, 1.807) is 13.1 Å². The molecule has 0 unspecified atom stereocenters. The number of nitrogens with zero attached hydrogens (tertiary/aromatic N) is 2. The van der Waals surface area contributed by atoms with Crippen molar-refractivity contribution in [1.82, 2.24) is 4.98 Å². The summed E-state index contributed by atoms with van der Waals surface area (Å²) >= 11 is 1.50. The number of nitrogens with one attached hydrogen (secondary N) is 2. The van der Waals surface area contributed by atoms with Crippen LogP contribution in [-0.2, 0) is 12.8 Å². The van der Waals surface area contributed by atoms with Crippen molar-refractivity contribution in [2.45, 2.75) is 32.1 Å². The molecule has 0 saturated carbocycles. The fraction of sp³-hybridized carbons (Fsp3) is 0.375. The molecule has 24 heavy (non-hydrogen) atoms. The molecule has 0 saturated heterocycles. The first-order valence-corrected chi connectivity index (χ1v) is 8.66. The Kier molecular flexibility index (Phi) is 4.75. The van der Waals surface area contributed by atoms with E-state index in [1.165, 1.54) is 34.8 Å². The predicted octanol–water partition coefficient (Wildman–Crippen LogP) is 3.61. The van der Waals surface area contributed by atoms with Gasteiger partial charge in [0, 0.05) is 23.6 Å². The fourth-order valence-electron chi connectivity index (χ4n) is 2.79. The number of hydrogen-bond acceptors (Lipinski definition) is 6. The molecule has 0 atom stereocenters. The lowest BCUT2D eigenvalue weighted by atomic mass is 10.1. The lowest BCUT2D eigenvalue weighted by Crippen LogP contribution is -2.12. The number of fused-ring (bicyclic) bond motifs is 1. The zero-order valence-corrected chi connectivity index (χ0v) is 14.1. The van der Waals surface area contributed by atoms with Crippen molar-refractivity contribution in [3.05, 3.63) is 44.4 Å². The fourth-order valence-corrected chi connectivity index (χ4v) is 3.83. The molecule has 2 N–H and O–H groups in total. The average Bonchev–Trinajstić information content (AvgIpc) is 2.82. The first-order chi connectivity index (χ1) is 11.6. The van der Waals surface area contributed by atoms with Crippen LogP contribution in [0.4, 0.5) is 16.5 Å². The monoisotopic (exact) mass is 346 g/mol. The molecule has 3 rings (SSSR count). The number of thiazole rings is 1. The van der Waals surface area contributed by atoms with Crippen molar-refractivity contribution in [2.75, 3.05) is 17.7 Å². The number of carbonyl (C=O) groups is 1. The summed E-state index contributed by atoms with van der Waals surface area (Å²) in [7, 11) is 1.60. The molecule has 0 fully saturated rings. The molecule has 1 aliphatic rings. The topological polar surface area (TPSA) is 97.2 Å². The summed E-state index contributed by atoms with van der Waals surface area (Å²) in [6.45, 7) is 0. The number of amides is 1. The quantitative estimate of drug-likeness (QED) is 0.501. The number of carbonyl (C=O) groups excluding carboxylic acids is 1. The second-order valence-electron chi connectivity index (χ2n) is 5.64. The van der Waals surface area contributed by atoms with Crippen molar-refractivity contribution in [3.8, 4) is 0 Å². The number of nitro benzene ring substituents is 1. The normalized spacial score (nSPS) is 13.7. The molecule has 8 heteroatoms. The van der Waals surface area contributed by atoms with E-state index in [0.29, 0.717) is 10.8 Å². The Bertz CT molecular complexity index is 764. The van der Waals surface area contributed by atoms with Gasteiger partial charge in [0.15, 0.2) is 5.13 Å². The number of aromatic nitrogens is 1. The average molecular weight is 346 g/mol. The van der Waals surface area contributed by atoms with Crippen LogP contribution in [0.5, 0.6) is 0 Å². The summed E-state index contributed by atoms with van der Waals surface area (Å²) in [6.07, 6.45) is 5.45. The SMILES string of the molecule is CNc1ccc(C(=O)Nc2nc3c(s2)CCCCC3)cc1[N+](=O)[O-]. The van der Waals surface area contributed by atoms with Gasteiger partial charge in [-0.15, -0.1) is 11.3 Å². The van der Waals surface area contributed by atoms with Gasteiger partial charge in [-0.25, -0.2) is 4.98 Å². The van der Waals surface area contributed by atoms with Gasteiger partial charge in [0.05, 0.1) is 10.6 Å². The van der Waals surface area contributed by atoms with Crippen molar-refractivity contribution in [2.24, 2.45) is 0 Å². The van der Waals surface area contributed by atoms with Crippen LogP contribution in [0.15, 0.2) is 18.2 Å². The van der Waals surface area contributed by atoms with Gasteiger partial charge in [-0.3, -0.25) is 20.2 Å². The minimum Gasteiger partial charge on any atom is -0.383 e. The molecular formula is C16H18N4O3S. The van der Waals surface area contributed by atoms with Crippen molar-refractivity contribution in [1.29, 1.82) is 0 Å². The second kappa shape index (κ2) is 6.96. The van der Waals surface area contributed by atoms with E-state index >= 15 is 0 Å². The van der Waals surface area contributed by atoms with Crippen LogP contribution in [0, 0.1) is 10.1 Å². The third-order valence-electron chi connectivity index (χ3n) is 4.04. The number of aryl methyl sites for hydroxylation is 2. The molecule has 7 nitrogen and oxygen atoms in total. The van der Waals surface area contributed by atoms with E-state index < -0.39 is 4.92 Å². The maximum absolute atomic E-state index is 12.4. The minimum atomic E-state index is -0.506. The maximum Gasteiger partial charge on any atom is 0.293 e. The van der Waals surface area contributed by atoms with Crippen LogP contribution >= 0.6 is 11.3 Å². The molecule has 1 heterocycles. The highest BCUT2D eigenvalue weighted by Gasteiger charge is 2.19. The number of anilines is 2. The van der Waals surface area contributed by atoms with E-state index in [9.17, 15) is 14.9 Å². The van der Waals surface area contributed by atoms with Crippen LogP contribution < -0.4 is 10.6 Å². The zero-order valence-electron chi connectivity index (χ0n) is 13.3. The predicted molar refractivity (Wildman–Crippen MR) is 94.0 cm³/mol. The van der Waals surface area contributed by atoms with Crippen molar-refractivity contribution in [3.63, 3.8) is 0 Å². The van der Waals surface area contributed by atoms with Gasteiger partial charge in [-0.05, 0) is 37.8 Å². The van der Waals surface area contributed by atoms with E-state index in [0.717, 1.165) is 31.4 Å². The number of nitro groups is 1. The largest absolute Gasteiger partial charge is 0.383 e. The Morgan fingerprint density at radius 3 is 2.83 bits per heavy atom. The number of benzene rings is 1. The summed E-state index contributed by atoms with van der Waals surface area (Å²) in [5.41, 5.74) is 1.56. The van der Waals surface area contributed by atoms with E-state index in [4.69, 9.17) is 0 Å². The first kappa shape index (κ1) is 16.4. The Balaban J connectivity index is 1.80. The second-order valence-corrected chi connectivity index (χ2v) is 6.73. The van der Waals surface area contributed by atoms with Crippen molar-refractivity contribution >= 4 is 33.8 Å². The van der Waals surface area contributed by atoms with Crippen LogP contribution in [0.3, 0.4) is 0 Å². The highest BCUT2D eigenvalue weighted by Crippen LogP contribution is 2.30. The van der Waals surface area contributed by atoms with Gasteiger partial charge in [-0.1, -0.05) is 6.42 Å². The van der Waals surface area contributed by atoms with Crippen LogP contribution in [0.1, 0.15) is 40.2 Å². The molecule has 0 spiro atoms. The standard InChI is InChI=1S/C16H18N4O3S/c1-17-11-8-7-10(9-13(11)20(22)23)15(21)19-16-18-12-5-3-2-4-6-14(12)24-16/h7-9,17H,2-6H2,1H3,(H,18,19,21). The van der Waals surface area contributed by atoms with E-state index in [2.05, 4.69) is 15.6 Å². The molecule has 0 aliphatic heterocycles. The van der Waals surface area contributed by atoms with Gasteiger partial charge in [0.25, 0.3) is 11.6 Å². The van der Waals surface area contributed by atoms with Crippen LogP contribution in [-0.4, -0.2) is 22.9 Å². The lowest BCUT2D eigenvalue weighted by Gasteiger charge is -2.05. The van der Waals surface area contributed by atoms with Gasteiger partial charge in [0.2, 0.25) is 0 Å². The Labute approximate surface area is 143 Å². The van der Waals surface area contributed by atoms with Gasteiger partial charge >= 0.3 is 0 Å². The third-order valence-corrected chi connectivity index (χ3v) is 5.11. The molecule has 1 amide bonds. The number of rotatable bonds is 4. The smallest absolute Gasteiger partial charge is 0.293 e. The van der Waals surface area contributed by atoms with Crippen molar-refractivity contribution < 1.29 is 9.72 Å². The Hall–Kier alpha value is -2.48. The third kappa shape index (κ3) is 3.38. The van der Waals surface area contributed by atoms with Gasteiger partial charge in [0.1, 0.15) is 5.69 Å². The maximum atomic E-state index is 12.4. The van der Waals surface area contributed by atoms with Gasteiger partial charge in [-0.2, -0.15) is 0 Å². The summed E-state index contributed by atoms with van der Waals surface area (Å²) in [4.78, 5) is 28.7. The first-order valence-electron chi connectivity index (χ1n) is 7.84. The highest BCUT2D eigenvalue weighted by molar-refractivity contribution is 7.15. The van der Waals surface area contributed by atoms with Crippen LogP contribution in [0.25, 0.3) is 0 Å². The minimum absolute atomic E-state index is 0.125. The summed E-state index contributed by atoms with van der Waals surface area (Å²) in [5.74, 6) is -0.385. The van der Waals surface area contributed by atoms with Gasteiger partial charge < -0.3 is 5.32 Å². The summed E-state index contributed by atoms with van der Waals surface area (Å²) in [6, 6.07) is 4.37. The molecular weight excluding hydrogens is 328 g/mol. The van der Waals surface area contributed by atoms with E-state index in [1.807, 2.05) is 0 Å². The zero-order chi connectivity index (χ0) is 17.1. The molecule has 2 aromatic rings. The Morgan fingerprint density at radius 2 is 2.08 bits per heavy atom. The summed E-state index contributed by atoms with van der Waals surface area (Å²) < 4.78 is 0. The van der Waals surface area contributed by atoms with E-state index in [-0.39, 0.29) is 17.2 Å². The summed E-state index contributed by atoms with van der Waals surface area (Å²) in [5, 5.41) is 17.2. The highest BCUT2D eigenvalue weighted by atomic mass is 32.1. The number of hydrogen-bond donors (Lipinski definition) is 2. The molecule has 126 valence electrons. The van der Waals surface area contributed by atoms with Crippen LogP contribution in [0.2, 0.25) is 0 Å². The molecule has 1 aromatic carbocycles. The lowest BCUT2D eigenvalue weighted by molar-refractivity contribution is -0.384. The molecule has 1 aliphatic carbocycles. The molecule has 1 aromatic heterocycles. The Morgan fingerprint density at radius 1 is 1.29 bits per heavy atom. The molecule has 0 radical (unpaired) electrons. The molecule has 0 bridgehead atoms.